The molecule has 5 heteroatoms. The normalized spacial score (nSPS) is 10.5. The number of benzene rings is 2. The van der Waals surface area contributed by atoms with Gasteiger partial charge in [-0.2, -0.15) is 0 Å². The molecule has 0 fully saturated rings. The van der Waals surface area contributed by atoms with Gasteiger partial charge in [0.2, 0.25) is 0 Å². The fourth-order valence-corrected chi connectivity index (χ4v) is 2.26. The van der Waals surface area contributed by atoms with Crippen molar-refractivity contribution in [3.05, 3.63) is 62.8 Å². The van der Waals surface area contributed by atoms with Gasteiger partial charge >= 0.3 is 0 Å². The quantitative estimate of drug-likeness (QED) is 0.898. The van der Waals surface area contributed by atoms with Crippen LogP contribution in [0.3, 0.4) is 0 Å². The highest BCUT2D eigenvalue weighted by Crippen LogP contribution is 2.26. The average molecular weight is 345 g/mol. The van der Waals surface area contributed by atoms with Gasteiger partial charge in [0.15, 0.2) is 0 Å². The summed E-state index contributed by atoms with van der Waals surface area (Å²) in [6.45, 7) is 0.755. The van der Waals surface area contributed by atoms with Crippen LogP contribution in [0.25, 0.3) is 0 Å². The highest BCUT2D eigenvalue weighted by molar-refractivity contribution is 9.10. The molecule has 0 aromatic heterocycles. The molecule has 2 N–H and O–H groups in total. The fraction of sp³-hybridized carbons (Fsp3) is 0.143. The van der Waals surface area contributed by atoms with E-state index < -0.39 is 0 Å². The van der Waals surface area contributed by atoms with Gasteiger partial charge in [0.1, 0.15) is 18.2 Å². The first kappa shape index (κ1) is 14.3. The van der Waals surface area contributed by atoms with Crippen molar-refractivity contribution < 1.29 is 9.13 Å². The molecule has 0 amide bonds. The molecule has 0 unspecified atom stereocenters. The van der Waals surface area contributed by atoms with Crippen LogP contribution in [-0.4, -0.2) is 0 Å². The number of hydrogen-bond acceptors (Lipinski definition) is 2. The van der Waals surface area contributed by atoms with Crippen LogP contribution in [0, 0.1) is 5.82 Å². The van der Waals surface area contributed by atoms with Crippen LogP contribution in [0.15, 0.2) is 40.9 Å². The molecule has 0 heterocycles. The maximum absolute atomic E-state index is 13.1. The van der Waals surface area contributed by atoms with Gasteiger partial charge in [-0.1, -0.05) is 23.7 Å². The van der Waals surface area contributed by atoms with Crippen molar-refractivity contribution in [3.63, 3.8) is 0 Å². The number of rotatable bonds is 4. The van der Waals surface area contributed by atoms with Crippen LogP contribution in [0.4, 0.5) is 4.39 Å². The Morgan fingerprint density at radius 3 is 2.53 bits per heavy atom. The lowest BCUT2D eigenvalue weighted by Crippen LogP contribution is -1.99. The first-order valence-electron chi connectivity index (χ1n) is 5.65. The second kappa shape index (κ2) is 6.37. The van der Waals surface area contributed by atoms with Crippen LogP contribution in [0.1, 0.15) is 11.1 Å². The van der Waals surface area contributed by atoms with Gasteiger partial charge < -0.3 is 10.5 Å². The lowest BCUT2D eigenvalue weighted by molar-refractivity contribution is 0.306. The minimum atomic E-state index is -0.297. The molecule has 2 rings (SSSR count). The fourth-order valence-electron chi connectivity index (χ4n) is 1.58. The van der Waals surface area contributed by atoms with Crippen molar-refractivity contribution in [3.8, 4) is 5.75 Å². The molecule has 0 bridgehead atoms. The third-order valence-electron chi connectivity index (χ3n) is 2.61. The summed E-state index contributed by atoms with van der Waals surface area (Å²) in [4.78, 5) is 0. The second-order valence-electron chi connectivity index (χ2n) is 4.01. The Morgan fingerprint density at radius 2 is 1.89 bits per heavy atom. The first-order chi connectivity index (χ1) is 9.10. The zero-order valence-corrected chi connectivity index (χ0v) is 12.3. The van der Waals surface area contributed by atoms with Crippen LogP contribution in [0.5, 0.6) is 5.75 Å². The highest BCUT2D eigenvalue weighted by Gasteiger charge is 2.05. The molecule has 0 aliphatic rings. The van der Waals surface area contributed by atoms with E-state index in [1.165, 1.54) is 6.07 Å². The van der Waals surface area contributed by atoms with Crippen LogP contribution in [-0.2, 0) is 13.2 Å². The Morgan fingerprint density at radius 1 is 1.16 bits per heavy atom. The number of halogens is 3. The molecule has 2 nitrogen and oxygen atoms in total. The van der Waals surface area contributed by atoms with Gasteiger partial charge in [0.25, 0.3) is 0 Å². The SMILES string of the molecule is NCc1ccc(OCc2ccc(F)c(Br)c2)c(Cl)c1. The summed E-state index contributed by atoms with van der Waals surface area (Å²) in [5.74, 6) is 0.286. The summed E-state index contributed by atoms with van der Waals surface area (Å²) in [6.07, 6.45) is 0. The topological polar surface area (TPSA) is 35.2 Å². The molecule has 100 valence electrons. The molecule has 19 heavy (non-hydrogen) atoms. The van der Waals surface area contributed by atoms with Gasteiger partial charge in [-0.25, -0.2) is 4.39 Å². The lowest BCUT2D eigenvalue weighted by atomic mass is 10.2. The van der Waals surface area contributed by atoms with E-state index in [1.807, 2.05) is 6.07 Å². The maximum Gasteiger partial charge on any atom is 0.138 e. The van der Waals surface area contributed by atoms with E-state index in [4.69, 9.17) is 22.1 Å². The first-order valence-corrected chi connectivity index (χ1v) is 6.82. The molecule has 0 saturated carbocycles. The van der Waals surface area contributed by atoms with Crippen molar-refractivity contribution in [1.29, 1.82) is 0 Å². The zero-order valence-electron chi connectivity index (χ0n) is 10.00. The molecule has 0 spiro atoms. The Kier molecular flexibility index (Phi) is 4.80. The molecule has 0 atom stereocenters. The van der Waals surface area contributed by atoms with Crippen molar-refractivity contribution in [1.82, 2.24) is 0 Å². The van der Waals surface area contributed by atoms with Crippen molar-refractivity contribution in [2.75, 3.05) is 0 Å². The van der Waals surface area contributed by atoms with E-state index in [9.17, 15) is 4.39 Å². The third kappa shape index (κ3) is 3.69. The Bertz CT molecular complexity index is 592. The van der Waals surface area contributed by atoms with Crippen LogP contribution < -0.4 is 10.5 Å². The predicted molar refractivity (Wildman–Crippen MR) is 77.8 cm³/mol. The van der Waals surface area contributed by atoms with Crippen molar-refractivity contribution in [2.45, 2.75) is 13.2 Å². The lowest BCUT2D eigenvalue weighted by Gasteiger charge is -2.09. The standard InChI is InChI=1S/C14H12BrClFNO/c15-11-5-10(1-3-13(11)17)8-19-14-4-2-9(7-18)6-12(14)16/h1-6H,7-8,18H2. The number of nitrogens with two attached hydrogens (primary N) is 1. The zero-order chi connectivity index (χ0) is 13.8. The van der Waals surface area contributed by atoms with Gasteiger partial charge in [-0.15, -0.1) is 0 Å². The molecular weight excluding hydrogens is 333 g/mol. The average Bonchev–Trinajstić information content (AvgIpc) is 2.41. The van der Waals surface area contributed by atoms with E-state index in [2.05, 4.69) is 15.9 Å². The third-order valence-corrected chi connectivity index (χ3v) is 3.51. The molecule has 2 aromatic rings. The summed E-state index contributed by atoms with van der Waals surface area (Å²) in [5.41, 5.74) is 7.32. The van der Waals surface area contributed by atoms with E-state index in [-0.39, 0.29) is 5.82 Å². The Balaban J connectivity index is 2.07. The van der Waals surface area contributed by atoms with Gasteiger partial charge in [0.05, 0.1) is 9.50 Å². The number of hydrogen-bond donors (Lipinski definition) is 1. The summed E-state index contributed by atoms with van der Waals surface area (Å²) in [5, 5.41) is 0.518. The van der Waals surface area contributed by atoms with Gasteiger partial charge in [-0.05, 0) is 51.3 Å². The number of ether oxygens (including phenoxy) is 1. The molecule has 0 radical (unpaired) electrons. The minimum absolute atomic E-state index is 0.297. The molecular formula is C14H12BrClFNO. The predicted octanol–water partition coefficient (Wildman–Crippen LogP) is 4.28. The monoisotopic (exact) mass is 343 g/mol. The summed E-state index contributed by atoms with van der Waals surface area (Å²) < 4.78 is 19.1. The molecule has 0 aliphatic heterocycles. The summed E-state index contributed by atoms with van der Waals surface area (Å²) in [6, 6.07) is 10.2. The molecule has 2 aromatic carbocycles. The van der Waals surface area contributed by atoms with Crippen molar-refractivity contribution >= 4 is 27.5 Å². The van der Waals surface area contributed by atoms with E-state index >= 15 is 0 Å². The van der Waals surface area contributed by atoms with Crippen molar-refractivity contribution in [2.24, 2.45) is 5.73 Å². The van der Waals surface area contributed by atoms with E-state index in [0.717, 1.165) is 11.1 Å². The van der Waals surface area contributed by atoms with Gasteiger partial charge in [-0.3, -0.25) is 0 Å². The van der Waals surface area contributed by atoms with E-state index in [1.54, 1.807) is 24.3 Å². The van der Waals surface area contributed by atoms with Gasteiger partial charge in [0, 0.05) is 6.54 Å². The minimum Gasteiger partial charge on any atom is -0.487 e. The smallest absolute Gasteiger partial charge is 0.138 e. The Labute approximate surface area is 124 Å². The maximum atomic E-state index is 13.1. The van der Waals surface area contributed by atoms with Crippen LogP contribution >= 0.6 is 27.5 Å². The summed E-state index contributed by atoms with van der Waals surface area (Å²) >= 11 is 9.22. The Hall–Kier alpha value is -1.10. The second-order valence-corrected chi connectivity index (χ2v) is 5.27. The largest absolute Gasteiger partial charge is 0.487 e. The molecule has 0 saturated heterocycles. The van der Waals surface area contributed by atoms with Crippen LogP contribution in [0.2, 0.25) is 5.02 Å². The van der Waals surface area contributed by atoms with E-state index in [0.29, 0.717) is 28.4 Å². The summed E-state index contributed by atoms with van der Waals surface area (Å²) in [7, 11) is 0. The highest BCUT2D eigenvalue weighted by atomic mass is 79.9. The molecule has 0 aliphatic carbocycles.